The number of rotatable bonds is 4. The fourth-order valence-corrected chi connectivity index (χ4v) is 3.43. The summed E-state index contributed by atoms with van der Waals surface area (Å²) in [5.74, 6) is -1.76. The minimum Gasteiger partial charge on any atom is -0.479 e. The van der Waals surface area contributed by atoms with Gasteiger partial charge < -0.3 is 20.4 Å². The van der Waals surface area contributed by atoms with Crippen LogP contribution < -0.4 is 5.32 Å². The fourth-order valence-electron chi connectivity index (χ4n) is 2.81. The Morgan fingerprint density at radius 2 is 1.85 bits per heavy atom. The molecule has 1 saturated heterocycles. The van der Waals surface area contributed by atoms with E-state index in [1.54, 1.807) is 36.4 Å². The van der Waals surface area contributed by atoms with Crippen LogP contribution in [0.5, 0.6) is 0 Å². The van der Waals surface area contributed by atoms with Gasteiger partial charge in [0.15, 0.2) is 5.60 Å². The highest BCUT2D eigenvalue weighted by Gasteiger charge is 2.40. The molecule has 0 radical (unpaired) electrons. The summed E-state index contributed by atoms with van der Waals surface area (Å²) < 4.78 is 0. The summed E-state index contributed by atoms with van der Waals surface area (Å²) in [5.41, 5.74) is -0.865. The van der Waals surface area contributed by atoms with E-state index in [1.165, 1.54) is 16.2 Å². The summed E-state index contributed by atoms with van der Waals surface area (Å²) in [4.78, 5) is 37.9. The zero-order chi connectivity index (χ0) is 18.7. The fraction of sp³-hybridized carbons (Fsp3) is 0.278. The molecule has 136 valence electrons. The second-order valence-corrected chi connectivity index (χ2v) is 7.09. The third-order valence-electron chi connectivity index (χ3n) is 4.39. The van der Waals surface area contributed by atoms with Gasteiger partial charge in [0.1, 0.15) is 0 Å². The van der Waals surface area contributed by atoms with Gasteiger partial charge in [0.05, 0.1) is 4.88 Å². The van der Waals surface area contributed by atoms with E-state index in [2.05, 4.69) is 5.32 Å². The summed E-state index contributed by atoms with van der Waals surface area (Å²) in [5, 5.41) is 23.6. The Bertz CT molecular complexity index is 826. The molecule has 0 unspecified atom stereocenters. The molecule has 0 saturated carbocycles. The van der Waals surface area contributed by atoms with E-state index in [0.29, 0.717) is 16.1 Å². The summed E-state index contributed by atoms with van der Waals surface area (Å²) in [7, 11) is 0. The van der Waals surface area contributed by atoms with Crippen molar-refractivity contribution in [2.45, 2.75) is 18.4 Å². The number of aliphatic hydroxyl groups is 1. The second kappa shape index (κ2) is 7.27. The number of carbonyl (C=O) groups is 3. The lowest BCUT2D eigenvalue weighted by Gasteiger charge is -2.35. The molecule has 2 amide bonds. The highest BCUT2D eigenvalue weighted by molar-refractivity contribution is 7.12. The molecule has 1 aliphatic rings. The summed E-state index contributed by atoms with van der Waals surface area (Å²) in [6.07, 6.45) is -0.0221. The molecular weight excluding hydrogens is 356 g/mol. The second-order valence-electron chi connectivity index (χ2n) is 6.14. The van der Waals surface area contributed by atoms with Crippen molar-refractivity contribution in [3.8, 4) is 0 Å². The number of carbonyl (C=O) groups excluding carboxylic acids is 2. The minimum atomic E-state index is -1.77. The Kier molecular flexibility index (Phi) is 5.06. The topological polar surface area (TPSA) is 107 Å². The molecule has 1 fully saturated rings. The van der Waals surface area contributed by atoms with Gasteiger partial charge in [-0.1, -0.05) is 12.1 Å². The Hall–Kier alpha value is -2.71. The normalized spacial score (nSPS) is 16.1. The number of hydrogen-bond donors (Lipinski definition) is 3. The molecule has 7 nitrogen and oxygen atoms in total. The third kappa shape index (κ3) is 3.76. The average molecular weight is 374 g/mol. The quantitative estimate of drug-likeness (QED) is 0.759. The van der Waals surface area contributed by atoms with Crippen molar-refractivity contribution in [2.75, 3.05) is 18.4 Å². The van der Waals surface area contributed by atoms with Gasteiger partial charge >= 0.3 is 5.97 Å². The van der Waals surface area contributed by atoms with Gasteiger partial charge in [0.25, 0.3) is 11.8 Å². The summed E-state index contributed by atoms with van der Waals surface area (Å²) in [6, 6.07) is 10.1. The van der Waals surface area contributed by atoms with E-state index in [4.69, 9.17) is 5.11 Å². The smallest absolute Gasteiger partial charge is 0.335 e. The molecule has 1 aliphatic heterocycles. The van der Waals surface area contributed by atoms with E-state index >= 15 is 0 Å². The Balaban J connectivity index is 1.67. The number of carboxylic acids is 1. The molecular formula is C18H18N2O5S. The monoisotopic (exact) mass is 374 g/mol. The van der Waals surface area contributed by atoms with E-state index in [1.807, 2.05) is 5.38 Å². The van der Waals surface area contributed by atoms with E-state index in [9.17, 15) is 19.5 Å². The lowest BCUT2D eigenvalue weighted by molar-refractivity contribution is -0.162. The molecule has 1 aromatic carbocycles. The van der Waals surface area contributed by atoms with Gasteiger partial charge in [0, 0.05) is 37.2 Å². The Morgan fingerprint density at radius 3 is 2.46 bits per heavy atom. The van der Waals surface area contributed by atoms with Crippen molar-refractivity contribution in [1.29, 1.82) is 0 Å². The highest BCUT2D eigenvalue weighted by Crippen LogP contribution is 2.24. The van der Waals surface area contributed by atoms with Gasteiger partial charge in [-0.15, -0.1) is 11.3 Å². The standard InChI is InChI=1S/C18H18N2O5S/c21-15(14-5-2-10-26-14)19-13-4-1-3-12(11-13)16(22)20-8-6-18(25,7-9-20)17(23)24/h1-5,10-11,25H,6-9H2,(H,19,21)(H,23,24). The number of nitrogens with one attached hydrogen (secondary N) is 1. The first-order chi connectivity index (χ1) is 12.4. The van der Waals surface area contributed by atoms with Crippen LogP contribution in [0.2, 0.25) is 0 Å². The molecule has 8 heteroatoms. The van der Waals surface area contributed by atoms with Crippen LogP contribution in [0.25, 0.3) is 0 Å². The van der Waals surface area contributed by atoms with E-state index in [0.717, 1.165) is 0 Å². The first-order valence-corrected chi connectivity index (χ1v) is 8.97. The highest BCUT2D eigenvalue weighted by atomic mass is 32.1. The first-order valence-electron chi connectivity index (χ1n) is 8.09. The molecule has 3 rings (SSSR count). The molecule has 2 aromatic rings. The number of amides is 2. The number of piperidine rings is 1. The molecule has 1 aromatic heterocycles. The molecule has 0 aliphatic carbocycles. The van der Waals surface area contributed by atoms with Crippen LogP contribution in [0.3, 0.4) is 0 Å². The van der Waals surface area contributed by atoms with E-state index < -0.39 is 11.6 Å². The van der Waals surface area contributed by atoms with Crippen molar-refractivity contribution in [3.05, 3.63) is 52.2 Å². The summed E-state index contributed by atoms with van der Waals surface area (Å²) >= 11 is 1.33. The molecule has 26 heavy (non-hydrogen) atoms. The van der Waals surface area contributed by atoms with Crippen molar-refractivity contribution in [1.82, 2.24) is 4.90 Å². The number of anilines is 1. The van der Waals surface area contributed by atoms with Crippen LogP contribution in [-0.4, -0.2) is 51.6 Å². The van der Waals surface area contributed by atoms with Crippen LogP contribution in [0.4, 0.5) is 5.69 Å². The largest absolute Gasteiger partial charge is 0.479 e. The van der Waals surface area contributed by atoms with Crippen LogP contribution in [0, 0.1) is 0 Å². The number of hydrogen-bond acceptors (Lipinski definition) is 5. The van der Waals surface area contributed by atoms with E-state index in [-0.39, 0.29) is 37.7 Å². The van der Waals surface area contributed by atoms with Crippen molar-refractivity contribution in [3.63, 3.8) is 0 Å². The number of thiophene rings is 1. The lowest BCUT2D eigenvalue weighted by Crippen LogP contribution is -2.50. The SMILES string of the molecule is O=C(Nc1cccc(C(=O)N2CCC(O)(C(=O)O)CC2)c1)c1cccs1. The maximum Gasteiger partial charge on any atom is 0.335 e. The molecule has 0 bridgehead atoms. The maximum atomic E-state index is 12.6. The van der Waals surface area contributed by atoms with Crippen molar-refractivity contribution < 1.29 is 24.6 Å². The van der Waals surface area contributed by atoms with Gasteiger partial charge in [-0.05, 0) is 29.6 Å². The Morgan fingerprint density at radius 1 is 1.12 bits per heavy atom. The van der Waals surface area contributed by atoms with Crippen LogP contribution in [-0.2, 0) is 4.79 Å². The third-order valence-corrected chi connectivity index (χ3v) is 5.26. The number of carboxylic acid groups (broad SMARTS) is 1. The lowest BCUT2D eigenvalue weighted by atomic mass is 9.91. The number of benzene rings is 1. The van der Waals surface area contributed by atoms with Gasteiger partial charge in [-0.25, -0.2) is 4.79 Å². The van der Waals surface area contributed by atoms with Gasteiger partial charge in [0.2, 0.25) is 0 Å². The molecule has 2 heterocycles. The molecule has 0 spiro atoms. The Labute approximate surface area is 153 Å². The maximum absolute atomic E-state index is 12.6. The average Bonchev–Trinajstić information content (AvgIpc) is 3.17. The van der Waals surface area contributed by atoms with Crippen LogP contribution in [0.15, 0.2) is 41.8 Å². The van der Waals surface area contributed by atoms with Crippen LogP contribution >= 0.6 is 11.3 Å². The number of nitrogens with zero attached hydrogens (tertiary/aromatic N) is 1. The van der Waals surface area contributed by atoms with Gasteiger partial charge in [-0.2, -0.15) is 0 Å². The van der Waals surface area contributed by atoms with Gasteiger partial charge in [-0.3, -0.25) is 9.59 Å². The zero-order valence-corrected chi connectivity index (χ0v) is 14.7. The minimum absolute atomic E-state index is 0.0110. The van der Waals surface area contributed by atoms with Crippen molar-refractivity contribution >= 4 is 34.8 Å². The number of aliphatic carboxylic acids is 1. The zero-order valence-electron chi connectivity index (χ0n) is 13.8. The molecule has 0 atom stereocenters. The molecule has 3 N–H and O–H groups in total. The number of likely N-dealkylation sites (tertiary alicyclic amines) is 1. The predicted molar refractivity (Wildman–Crippen MR) is 96.4 cm³/mol. The van der Waals surface area contributed by atoms with Crippen LogP contribution in [0.1, 0.15) is 32.9 Å². The van der Waals surface area contributed by atoms with Crippen molar-refractivity contribution in [2.24, 2.45) is 0 Å². The first kappa shape index (κ1) is 18.1. The predicted octanol–water partition coefficient (Wildman–Crippen LogP) is 2.05. The summed E-state index contributed by atoms with van der Waals surface area (Å²) in [6.45, 7) is 0.320.